The fourth-order valence-electron chi connectivity index (χ4n) is 4.58. The van der Waals surface area contributed by atoms with Crippen LogP contribution in [0.3, 0.4) is 0 Å². The van der Waals surface area contributed by atoms with Crippen LogP contribution in [0.4, 0.5) is 0 Å². The molecule has 2 amide bonds. The topological polar surface area (TPSA) is 40.6 Å². The highest BCUT2D eigenvalue weighted by Crippen LogP contribution is 2.30. The lowest BCUT2D eigenvalue weighted by Crippen LogP contribution is -2.42. The Labute approximate surface area is 143 Å². The molecular weight excluding hydrogens is 300 g/mol. The minimum atomic E-state index is -0.135. The highest BCUT2D eigenvalue weighted by molar-refractivity contribution is 5.89. The Hall–Kier alpha value is -1.84. The fraction of sp³-hybridized carbons (Fsp3) is 0.600. The van der Waals surface area contributed by atoms with Gasteiger partial charge in [-0.05, 0) is 30.4 Å². The molecule has 1 atom stereocenters. The zero-order valence-electron chi connectivity index (χ0n) is 14.2. The molecule has 0 bridgehead atoms. The van der Waals surface area contributed by atoms with Crippen molar-refractivity contribution >= 4 is 11.8 Å². The number of amides is 2. The van der Waals surface area contributed by atoms with Gasteiger partial charge < -0.3 is 9.80 Å². The molecule has 4 nitrogen and oxygen atoms in total. The van der Waals surface area contributed by atoms with Crippen molar-refractivity contribution in [1.29, 1.82) is 0 Å². The van der Waals surface area contributed by atoms with Crippen LogP contribution in [-0.2, 0) is 22.6 Å². The van der Waals surface area contributed by atoms with Gasteiger partial charge in [-0.1, -0.05) is 43.5 Å². The van der Waals surface area contributed by atoms with E-state index in [4.69, 9.17) is 0 Å². The number of rotatable bonds is 2. The predicted molar refractivity (Wildman–Crippen MR) is 92.3 cm³/mol. The Kier molecular flexibility index (Phi) is 4.30. The number of fused-ring (bicyclic) bond motifs is 1. The molecule has 0 unspecified atom stereocenters. The quantitative estimate of drug-likeness (QED) is 0.838. The summed E-state index contributed by atoms with van der Waals surface area (Å²) in [5.74, 6) is 0.235. The Morgan fingerprint density at radius 2 is 1.79 bits per heavy atom. The normalized spacial score (nSPS) is 25.0. The van der Waals surface area contributed by atoms with Gasteiger partial charge in [-0.25, -0.2) is 0 Å². The van der Waals surface area contributed by atoms with Crippen molar-refractivity contribution in [2.24, 2.45) is 5.92 Å². The third-order valence-electron chi connectivity index (χ3n) is 5.97. The summed E-state index contributed by atoms with van der Waals surface area (Å²) in [5, 5.41) is 0. The molecule has 1 saturated heterocycles. The summed E-state index contributed by atoms with van der Waals surface area (Å²) >= 11 is 0. The van der Waals surface area contributed by atoms with Crippen molar-refractivity contribution in [3.63, 3.8) is 0 Å². The maximum absolute atomic E-state index is 12.9. The van der Waals surface area contributed by atoms with Crippen LogP contribution in [0.1, 0.15) is 49.7 Å². The first-order valence-corrected chi connectivity index (χ1v) is 9.37. The average molecular weight is 326 g/mol. The summed E-state index contributed by atoms with van der Waals surface area (Å²) in [6.07, 6.45) is 7.29. The minimum absolute atomic E-state index is 0.135. The van der Waals surface area contributed by atoms with Gasteiger partial charge in [0.15, 0.2) is 0 Å². The maximum Gasteiger partial charge on any atom is 0.228 e. The fourth-order valence-corrected chi connectivity index (χ4v) is 4.58. The van der Waals surface area contributed by atoms with Crippen LogP contribution in [-0.4, -0.2) is 40.7 Å². The van der Waals surface area contributed by atoms with Crippen LogP contribution in [0.15, 0.2) is 24.3 Å². The van der Waals surface area contributed by atoms with Crippen molar-refractivity contribution in [2.45, 2.75) is 57.5 Å². The Balaban J connectivity index is 1.41. The molecule has 24 heavy (non-hydrogen) atoms. The van der Waals surface area contributed by atoms with Crippen LogP contribution in [0.5, 0.6) is 0 Å². The third kappa shape index (κ3) is 2.94. The largest absolute Gasteiger partial charge is 0.339 e. The average Bonchev–Trinajstić information content (AvgIpc) is 3.03. The standard InChI is InChI=1S/C20H26N2O2/c23-19-12-17(14-22(19)18-8-2-1-3-9-18)20(24)21-11-10-15-6-4-5-7-16(15)13-21/h4-7,17-18H,1-3,8-14H2/t17-/m1/s1. The van der Waals surface area contributed by atoms with Gasteiger partial charge in [-0.2, -0.15) is 0 Å². The molecular formula is C20H26N2O2. The molecule has 2 aliphatic heterocycles. The van der Waals surface area contributed by atoms with Crippen LogP contribution >= 0.6 is 0 Å². The molecule has 1 aromatic carbocycles. The zero-order chi connectivity index (χ0) is 16.5. The number of carbonyl (C=O) groups is 2. The predicted octanol–water partition coefficient (Wildman–Crippen LogP) is 2.75. The molecule has 128 valence electrons. The lowest BCUT2D eigenvalue weighted by Gasteiger charge is -2.33. The summed E-state index contributed by atoms with van der Waals surface area (Å²) in [5.41, 5.74) is 2.61. The molecule has 1 aliphatic carbocycles. The number of hydrogen-bond acceptors (Lipinski definition) is 2. The van der Waals surface area contributed by atoms with Gasteiger partial charge in [-0.15, -0.1) is 0 Å². The first kappa shape index (κ1) is 15.7. The molecule has 0 radical (unpaired) electrons. The summed E-state index contributed by atoms with van der Waals surface area (Å²) in [6, 6.07) is 8.75. The number of benzene rings is 1. The van der Waals surface area contributed by atoms with Crippen molar-refractivity contribution in [2.75, 3.05) is 13.1 Å². The van der Waals surface area contributed by atoms with Crippen LogP contribution in [0, 0.1) is 5.92 Å². The van der Waals surface area contributed by atoms with Gasteiger partial charge in [0.05, 0.1) is 5.92 Å². The lowest BCUT2D eigenvalue weighted by atomic mass is 9.94. The molecule has 1 aromatic rings. The second-order valence-corrected chi connectivity index (χ2v) is 7.52. The minimum Gasteiger partial charge on any atom is -0.339 e. The third-order valence-corrected chi connectivity index (χ3v) is 5.97. The van der Waals surface area contributed by atoms with E-state index in [1.165, 1.54) is 30.4 Å². The van der Waals surface area contributed by atoms with Crippen molar-refractivity contribution in [3.8, 4) is 0 Å². The second kappa shape index (κ2) is 6.58. The van der Waals surface area contributed by atoms with E-state index in [1.54, 1.807) is 0 Å². The van der Waals surface area contributed by atoms with E-state index >= 15 is 0 Å². The number of nitrogens with zero attached hydrogens (tertiary/aromatic N) is 2. The van der Waals surface area contributed by atoms with E-state index < -0.39 is 0 Å². The first-order chi connectivity index (χ1) is 11.7. The molecule has 0 aromatic heterocycles. The molecule has 4 rings (SSSR count). The Morgan fingerprint density at radius 3 is 2.58 bits per heavy atom. The number of hydrogen-bond donors (Lipinski definition) is 0. The highest BCUT2D eigenvalue weighted by Gasteiger charge is 2.40. The van der Waals surface area contributed by atoms with E-state index in [1.807, 2.05) is 15.9 Å². The first-order valence-electron chi connectivity index (χ1n) is 9.37. The van der Waals surface area contributed by atoms with Crippen LogP contribution < -0.4 is 0 Å². The zero-order valence-corrected chi connectivity index (χ0v) is 14.2. The van der Waals surface area contributed by atoms with Gasteiger partial charge in [0.25, 0.3) is 0 Å². The van der Waals surface area contributed by atoms with E-state index in [0.717, 1.165) is 25.8 Å². The number of likely N-dealkylation sites (tertiary alicyclic amines) is 1. The summed E-state index contributed by atoms with van der Waals surface area (Å²) < 4.78 is 0. The van der Waals surface area contributed by atoms with Gasteiger partial charge in [-0.3, -0.25) is 9.59 Å². The lowest BCUT2D eigenvalue weighted by molar-refractivity contribution is -0.136. The van der Waals surface area contributed by atoms with Gasteiger partial charge >= 0.3 is 0 Å². The smallest absolute Gasteiger partial charge is 0.228 e. The molecule has 1 saturated carbocycles. The number of carbonyl (C=O) groups excluding carboxylic acids is 2. The van der Waals surface area contributed by atoms with E-state index in [-0.39, 0.29) is 17.7 Å². The molecule has 2 fully saturated rings. The summed E-state index contributed by atoms with van der Waals surface area (Å²) in [4.78, 5) is 29.3. The molecule has 3 aliphatic rings. The Morgan fingerprint density at radius 1 is 1.04 bits per heavy atom. The maximum atomic E-state index is 12.9. The van der Waals surface area contributed by atoms with E-state index in [2.05, 4.69) is 18.2 Å². The highest BCUT2D eigenvalue weighted by atomic mass is 16.2. The molecule has 2 heterocycles. The molecule has 0 N–H and O–H groups in total. The van der Waals surface area contributed by atoms with Gasteiger partial charge in [0, 0.05) is 32.1 Å². The monoisotopic (exact) mass is 326 g/mol. The van der Waals surface area contributed by atoms with Crippen LogP contribution in [0.25, 0.3) is 0 Å². The molecule has 4 heteroatoms. The SMILES string of the molecule is O=C([C@@H]1CC(=O)N(C2CCCCC2)C1)N1CCc2ccccc2C1. The van der Waals surface area contributed by atoms with Gasteiger partial charge in [0.1, 0.15) is 0 Å². The van der Waals surface area contributed by atoms with Crippen molar-refractivity contribution < 1.29 is 9.59 Å². The second-order valence-electron chi connectivity index (χ2n) is 7.52. The van der Waals surface area contributed by atoms with Crippen molar-refractivity contribution in [3.05, 3.63) is 35.4 Å². The van der Waals surface area contributed by atoms with Gasteiger partial charge in [0.2, 0.25) is 11.8 Å². The summed E-state index contributed by atoms with van der Waals surface area (Å²) in [6.45, 7) is 2.12. The summed E-state index contributed by atoms with van der Waals surface area (Å²) in [7, 11) is 0. The molecule has 0 spiro atoms. The van der Waals surface area contributed by atoms with Crippen LogP contribution in [0.2, 0.25) is 0 Å². The van der Waals surface area contributed by atoms with E-state index in [9.17, 15) is 9.59 Å². The van der Waals surface area contributed by atoms with E-state index in [0.29, 0.717) is 25.6 Å². The van der Waals surface area contributed by atoms with Crippen molar-refractivity contribution in [1.82, 2.24) is 9.80 Å². The Bertz CT molecular complexity index is 636.